The summed E-state index contributed by atoms with van der Waals surface area (Å²) in [6.07, 6.45) is 0. The van der Waals surface area contributed by atoms with Gasteiger partial charge in [0.05, 0.1) is 4.47 Å². The van der Waals surface area contributed by atoms with Gasteiger partial charge in [0, 0.05) is 12.1 Å². The molecule has 0 aliphatic carbocycles. The summed E-state index contributed by atoms with van der Waals surface area (Å²) in [7, 11) is 0. The molecule has 0 aliphatic rings. The fourth-order valence-corrected chi connectivity index (χ4v) is 1.59. The van der Waals surface area contributed by atoms with E-state index >= 15 is 0 Å². The van der Waals surface area contributed by atoms with Crippen LogP contribution in [-0.2, 0) is 0 Å². The molecule has 0 N–H and O–H groups in total. The Kier molecular flexibility index (Phi) is 3.81. The lowest BCUT2D eigenvalue weighted by Crippen LogP contribution is -1.91. The molecule has 0 fully saturated rings. The van der Waals surface area contributed by atoms with Crippen molar-refractivity contribution in [3.63, 3.8) is 0 Å². The van der Waals surface area contributed by atoms with Crippen molar-refractivity contribution in [2.45, 2.75) is 0 Å². The largest absolute Gasteiger partial charge is 0.454 e. The average molecular weight is 338 g/mol. The van der Waals surface area contributed by atoms with Crippen LogP contribution in [0.25, 0.3) is 0 Å². The zero-order valence-electron chi connectivity index (χ0n) is 8.12. The first-order chi connectivity index (χ1) is 8.06. The van der Waals surface area contributed by atoms with Crippen LogP contribution in [0.1, 0.15) is 0 Å². The van der Waals surface area contributed by atoms with Crippen LogP contribution in [0.5, 0.6) is 11.5 Å². The summed E-state index contributed by atoms with van der Waals surface area (Å²) in [6.45, 7) is 0. The molecule has 7 heteroatoms. The maximum absolute atomic E-state index is 13.2. The molecule has 0 radical (unpaired) electrons. The van der Waals surface area contributed by atoms with E-state index in [0.717, 1.165) is 0 Å². The van der Waals surface area contributed by atoms with Crippen LogP contribution < -0.4 is 4.74 Å². The van der Waals surface area contributed by atoms with Crippen molar-refractivity contribution in [1.29, 1.82) is 0 Å². The SMILES string of the molecule is Fc1cc(Oc2cc(Cl)nnc2Cl)ccc1Br. The molecule has 2 aromatic rings. The minimum atomic E-state index is -0.438. The Morgan fingerprint density at radius 2 is 1.94 bits per heavy atom. The van der Waals surface area contributed by atoms with Gasteiger partial charge in [-0.1, -0.05) is 23.2 Å². The Hall–Kier alpha value is -0.910. The van der Waals surface area contributed by atoms with Gasteiger partial charge in [0.2, 0.25) is 0 Å². The van der Waals surface area contributed by atoms with Gasteiger partial charge in [-0.05, 0) is 28.1 Å². The van der Waals surface area contributed by atoms with E-state index in [0.29, 0.717) is 4.47 Å². The summed E-state index contributed by atoms with van der Waals surface area (Å²) in [5, 5.41) is 7.30. The number of ether oxygens (including phenoxy) is 1. The van der Waals surface area contributed by atoms with Crippen LogP contribution in [-0.4, -0.2) is 10.2 Å². The maximum atomic E-state index is 13.2. The monoisotopic (exact) mass is 336 g/mol. The third kappa shape index (κ3) is 3.06. The molecule has 0 saturated heterocycles. The molecule has 0 saturated carbocycles. The molecule has 3 nitrogen and oxygen atoms in total. The van der Waals surface area contributed by atoms with Crippen LogP contribution in [0.4, 0.5) is 4.39 Å². The highest BCUT2D eigenvalue weighted by atomic mass is 79.9. The molecular formula is C10H4BrCl2FN2O. The van der Waals surface area contributed by atoms with Crippen LogP contribution in [0.2, 0.25) is 10.3 Å². The van der Waals surface area contributed by atoms with E-state index in [1.165, 1.54) is 18.2 Å². The summed E-state index contributed by atoms with van der Waals surface area (Å²) in [4.78, 5) is 0. The van der Waals surface area contributed by atoms with E-state index < -0.39 is 5.82 Å². The van der Waals surface area contributed by atoms with Crippen molar-refractivity contribution in [3.8, 4) is 11.5 Å². The van der Waals surface area contributed by atoms with Gasteiger partial charge in [-0.2, -0.15) is 0 Å². The highest BCUT2D eigenvalue weighted by Gasteiger charge is 2.08. The normalized spacial score (nSPS) is 10.4. The number of nitrogens with zero attached hydrogens (tertiary/aromatic N) is 2. The molecule has 0 bridgehead atoms. The number of halogens is 4. The van der Waals surface area contributed by atoms with E-state index in [2.05, 4.69) is 26.1 Å². The van der Waals surface area contributed by atoms with Crippen molar-refractivity contribution >= 4 is 39.1 Å². The van der Waals surface area contributed by atoms with Crippen molar-refractivity contribution in [2.24, 2.45) is 0 Å². The van der Waals surface area contributed by atoms with Gasteiger partial charge in [-0.15, -0.1) is 10.2 Å². The van der Waals surface area contributed by atoms with Crippen molar-refractivity contribution in [1.82, 2.24) is 10.2 Å². The molecule has 0 unspecified atom stereocenters. The second-order valence-electron chi connectivity index (χ2n) is 3.00. The highest BCUT2D eigenvalue weighted by Crippen LogP contribution is 2.30. The molecule has 1 aromatic heterocycles. The predicted molar refractivity (Wildman–Crippen MR) is 66.2 cm³/mol. The molecule has 0 atom stereocenters. The van der Waals surface area contributed by atoms with E-state index in [1.807, 2.05) is 0 Å². The Bertz CT molecular complexity index is 568. The van der Waals surface area contributed by atoms with Crippen molar-refractivity contribution in [2.75, 3.05) is 0 Å². The minimum Gasteiger partial charge on any atom is -0.454 e. The van der Waals surface area contributed by atoms with Gasteiger partial charge in [-0.25, -0.2) is 4.39 Å². The van der Waals surface area contributed by atoms with Crippen LogP contribution in [0, 0.1) is 5.82 Å². The fraction of sp³-hybridized carbons (Fsp3) is 0. The second kappa shape index (κ2) is 5.16. The van der Waals surface area contributed by atoms with E-state index in [9.17, 15) is 4.39 Å². The Balaban J connectivity index is 2.31. The fourth-order valence-electron chi connectivity index (χ4n) is 1.08. The lowest BCUT2D eigenvalue weighted by molar-refractivity contribution is 0.472. The molecule has 2 rings (SSSR count). The van der Waals surface area contributed by atoms with Crippen LogP contribution in [0.15, 0.2) is 28.7 Å². The van der Waals surface area contributed by atoms with E-state index in [4.69, 9.17) is 27.9 Å². The molecule has 1 aromatic carbocycles. The van der Waals surface area contributed by atoms with Gasteiger partial charge in [-0.3, -0.25) is 0 Å². The molecule has 88 valence electrons. The Labute approximate surface area is 115 Å². The molecule has 0 spiro atoms. The van der Waals surface area contributed by atoms with E-state index in [1.54, 1.807) is 6.07 Å². The van der Waals surface area contributed by atoms with Gasteiger partial charge in [0.1, 0.15) is 11.6 Å². The average Bonchev–Trinajstić information content (AvgIpc) is 2.29. The first-order valence-electron chi connectivity index (χ1n) is 4.38. The van der Waals surface area contributed by atoms with Gasteiger partial charge >= 0.3 is 0 Å². The zero-order valence-corrected chi connectivity index (χ0v) is 11.2. The Morgan fingerprint density at radius 1 is 1.18 bits per heavy atom. The topological polar surface area (TPSA) is 35.0 Å². The molecule has 17 heavy (non-hydrogen) atoms. The molecule has 0 aliphatic heterocycles. The van der Waals surface area contributed by atoms with Gasteiger partial charge in [0.15, 0.2) is 16.1 Å². The van der Waals surface area contributed by atoms with Crippen molar-refractivity contribution < 1.29 is 9.13 Å². The quantitative estimate of drug-likeness (QED) is 0.810. The molecular weight excluding hydrogens is 334 g/mol. The summed E-state index contributed by atoms with van der Waals surface area (Å²) in [6, 6.07) is 5.72. The molecule has 0 amide bonds. The van der Waals surface area contributed by atoms with Gasteiger partial charge < -0.3 is 4.74 Å². The first kappa shape index (κ1) is 12.5. The summed E-state index contributed by atoms with van der Waals surface area (Å²) < 4.78 is 18.9. The standard InChI is InChI=1S/C10H4BrCl2FN2O/c11-6-2-1-5(3-7(6)14)17-8-4-9(12)15-16-10(8)13/h1-4H. The third-order valence-electron chi connectivity index (χ3n) is 1.81. The van der Waals surface area contributed by atoms with E-state index in [-0.39, 0.29) is 21.8 Å². The first-order valence-corrected chi connectivity index (χ1v) is 5.93. The summed E-state index contributed by atoms with van der Waals surface area (Å²) in [5.74, 6) is 0.0665. The number of rotatable bonds is 2. The summed E-state index contributed by atoms with van der Waals surface area (Å²) in [5.41, 5.74) is 0. The highest BCUT2D eigenvalue weighted by molar-refractivity contribution is 9.10. The van der Waals surface area contributed by atoms with Gasteiger partial charge in [0.25, 0.3) is 0 Å². The van der Waals surface area contributed by atoms with Crippen molar-refractivity contribution in [3.05, 3.63) is 44.9 Å². The third-order valence-corrected chi connectivity index (χ3v) is 2.90. The number of hydrogen-bond acceptors (Lipinski definition) is 3. The number of benzene rings is 1. The minimum absolute atomic E-state index is 0.0535. The number of hydrogen-bond donors (Lipinski definition) is 0. The Morgan fingerprint density at radius 3 is 2.65 bits per heavy atom. The molecule has 1 heterocycles. The summed E-state index contributed by atoms with van der Waals surface area (Å²) >= 11 is 14.4. The number of aromatic nitrogens is 2. The maximum Gasteiger partial charge on any atom is 0.194 e. The smallest absolute Gasteiger partial charge is 0.194 e. The second-order valence-corrected chi connectivity index (χ2v) is 4.60. The zero-order chi connectivity index (χ0) is 12.4. The van der Waals surface area contributed by atoms with Crippen LogP contribution >= 0.6 is 39.1 Å². The van der Waals surface area contributed by atoms with Crippen LogP contribution in [0.3, 0.4) is 0 Å². The lowest BCUT2D eigenvalue weighted by Gasteiger charge is -2.07. The lowest BCUT2D eigenvalue weighted by atomic mass is 10.3. The predicted octanol–water partition coefficient (Wildman–Crippen LogP) is 4.48.